The zero-order chi connectivity index (χ0) is 14.8. The van der Waals surface area contributed by atoms with Crippen molar-refractivity contribution in [3.63, 3.8) is 0 Å². The number of hydrogen-bond acceptors (Lipinski definition) is 1. The van der Waals surface area contributed by atoms with Crippen LogP contribution in [-0.4, -0.2) is 10.8 Å². The lowest BCUT2D eigenvalue weighted by Gasteiger charge is -2.10. The van der Waals surface area contributed by atoms with E-state index < -0.39 is 0 Å². The number of aromatic nitrogens is 1. The molecule has 0 aliphatic carbocycles. The molecule has 106 valence electrons. The molecule has 1 atom stereocenters. The van der Waals surface area contributed by atoms with Crippen molar-refractivity contribution in [1.29, 1.82) is 0 Å². The molecule has 0 saturated carbocycles. The van der Waals surface area contributed by atoms with E-state index in [1.165, 1.54) is 10.9 Å². The lowest BCUT2D eigenvalue weighted by atomic mass is 9.93. The molecular weight excluding hydrogens is 326 g/mol. The first-order chi connectivity index (χ1) is 10.1. The molecule has 21 heavy (non-hydrogen) atoms. The van der Waals surface area contributed by atoms with Gasteiger partial charge in [-0.1, -0.05) is 53.2 Å². The van der Waals surface area contributed by atoms with Crippen LogP contribution < -0.4 is 0 Å². The van der Waals surface area contributed by atoms with Crippen LogP contribution in [0.25, 0.3) is 10.9 Å². The highest BCUT2D eigenvalue weighted by Gasteiger charge is 2.16. The number of carbonyl (C=O) groups is 1. The van der Waals surface area contributed by atoms with Crippen LogP contribution in [0, 0.1) is 0 Å². The molecule has 0 aliphatic heterocycles. The maximum absolute atomic E-state index is 12.4. The molecule has 2 aromatic carbocycles. The molecule has 3 aromatic rings. The molecule has 0 bridgehead atoms. The van der Waals surface area contributed by atoms with Gasteiger partial charge in [0.1, 0.15) is 0 Å². The Bertz CT molecular complexity index is 773. The van der Waals surface area contributed by atoms with Crippen LogP contribution in [0.4, 0.5) is 0 Å². The smallest absolute Gasteiger partial charge is 0.163 e. The topological polar surface area (TPSA) is 32.9 Å². The van der Waals surface area contributed by atoms with Gasteiger partial charge in [0.05, 0.1) is 0 Å². The summed E-state index contributed by atoms with van der Waals surface area (Å²) in [5.41, 5.74) is 3.09. The van der Waals surface area contributed by atoms with E-state index in [4.69, 9.17) is 0 Å². The Hall–Kier alpha value is -1.87. The Labute approximate surface area is 132 Å². The van der Waals surface area contributed by atoms with E-state index in [2.05, 4.69) is 40.0 Å². The lowest BCUT2D eigenvalue weighted by molar-refractivity contribution is 0.0976. The Kier molecular flexibility index (Phi) is 3.93. The molecular formula is C18H16BrNO. The highest BCUT2D eigenvalue weighted by Crippen LogP contribution is 2.28. The predicted molar refractivity (Wildman–Crippen MR) is 89.8 cm³/mol. The van der Waals surface area contributed by atoms with Crippen molar-refractivity contribution < 1.29 is 4.79 Å². The van der Waals surface area contributed by atoms with Crippen LogP contribution in [-0.2, 0) is 0 Å². The third kappa shape index (κ3) is 2.93. The van der Waals surface area contributed by atoms with Gasteiger partial charge >= 0.3 is 0 Å². The maximum Gasteiger partial charge on any atom is 0.163 e. The number of para-hydroxylation sites is 1. The zero-order valence-electron chi connectivity index (χ0n) is 11.8. The van der Waals surface area contributed by atoms with Crippen LogP contribution in [0.3, 0.4) is 0 Å². The highest BCUT2D eigenvalue weighted by atomic mass is 79.9. The predicted octanol–water partition coefficient (Wildman–Crippen LogP) is 5.31. The summed E-state index contributed by atoms with van der Waals surface area (Å²) in [5.74, 6) is 0.373. The van der Waals surface area contributed by atoms with Crippen LogP contribution in [0.1, 0.15) is 35.2 Å². The van der Waals surface area contributed by atoms with Crippen molar-refractivity contribution in [2.24, 2.45) is 0 Å². The number of H-pyrrole nitrogens is 1. The van der Waals surface area contributed by atoms with Gasteiger partial charge in [-0.15, -0.1) is 0 Å². The van der Waals surface area contributed by atoms with Gasteiger partial charge in [-0.2, -0.15) is 0 Å². The number of benzene rings is 2. The molecule has 2 nitrogen and oxygen atoms in total. The fourth-order valence-electron chi connectivity index (χ4n) is 2.64. The second kappa shape index (κ2) is 5.86. The number of ketones is 1. The van der Waals surface area contributed by atoms with Crippen LogP contribution in [0.5, 0.6) is 0 Å². The average molecular weight is 342 g/mol. The van der Waals surface area contributed by atoms with Crippen molar-refractivity contribution in [2.45, 2.75) is 19.3 Å². The zero-order valence-corrected chi connectivity index (χ0v) is 13.4. The van der Waals surface area contributed by atoms with Crippen molar-refractivity contribution in [2.75, 3.05) is 0 Å². The molecule has 0 fully saturated rings. The number of hydrogen-bond donors (Lipinski definition) is 1. The normalized spacial score (nSPS) is 12.5. The molecule has 0 amide bonds. The number of nitrogens with one attached hydrogen (secondary N) is 1. The van der Waals surface area contributed by atoms with E-state index in [1.54, 1.807) is 0 Å². The highest BCUT2D eigenvalue weighted by molar-refractivity contribution is 9.10. The SMILES string of the molecule is C[C@@H](CC(=O)c1ccc(Br)cc1)c1c[nH]c2ccccc12. The minimum atomic E-state index is 0.181. The summed E-state index contributed by atoms with van der Waals surface area (Å²) in [6, 6.07) is 15.8. The standard InChI is InChI=1S/C18H16BrNO/c1-12(10-18(21)13-6-8-14(19)9-7-13)16-11-20-17-5-3-2-4-15(16)17/h2-9,11-12,20H,10H2,1H3/t12-/m0/s1. The molecule has 3 heteroatoms. The first kappa shape index (κ1) is 14.1. The molecule has 1 N–H and O–H groups in total. The number of rotatable bonds is 4. The quantitative estimate of drug-likeness (QED) is 0.641. The van der Waals surface area contributed by atoms with E-state index in [9.17, 15) is 4.79 Å². The third-order valence-corrected chi connectivity index (χ3v) is 4.34. The van der Waals surface area contributed by atoms with Gasteiger partial charge in [0.25, 0.3) is 0 Å². The second-order valence-electron chi connectivity index (χ2n) is 5.32. The number of halogens is 1. The molecule has 0 saturated heterocycles. The van der Waals surface area contributed by atoms with E-state index in [-0.39, 0.29) is 11.7 Å². The fourth-order valence-corrected chi connectivity index (χ4v) is 2.91. The molecule has 0 unspecified atom stereocenters. The Balaban J connectivity index is 1.81. The van der Waals surface area contributed by atoms with Gasteiger partial charge in [-0.25, -0.2) is 0 Å². The van der Waals surface area contributed by atoms with E-state index in [1.807, 2.05) is 42.6 Å². The van der Waals surface area contributed by atoms with Crippen molar-refractivity contribution in [3.05, 3.63) is 70.3 Å². The lowest BCUT2D eigenvalue weighted by Crippen LogP contribution is -2.04. The molecule has 1 heterocycles. The largest absolute Gasteiger partial charge is 0.361 e. The summed E-state index contributed by atoms with van der Waals surface area (Å²) in [4.78, 5) is 15.6. The minimum absolute atomic E-state index is 0.181. The van der Waals surface area contributed by atoms with Crippen molar-refractivity contribution in [1.82, 2.24) is 4.98 Å². The first-order valence-electron chi connectivity index (χ1n) is 7.00. The van der Waals surface area contributed by atoms with E-state index in [0.29, 0.717) is 6.42 Å². The molecule has 3 rings (SSSR count). The van der Waals surface area contributed by atoms with Crippen LogP contribution >= 0.6 is 15.9 Å². The molecule has 0 radical (unpaired) electrons. The van der Waals surface area contributed by atoms with Crippen molar-refractivity contribution >= 4 is 32.6 Å². The summed E-state index contributed by atoms with van der Waals surface area (Å²) in [5, 5.41) is 1.20. The number of aromatic amines is 1. The van der Waals surface area contributed by atoms with Crippen molar-refractivity contribution in [3.8, 4) is 0 Å². The van der Waals surface area contributed by atoms with Gasteiger partial charge in [-0.3, -0.25) is 4.79 Å². The Morgan fingerprint density at radius 3 is 2.62 bits per heavy atom. The monoisotopic (exact) mass is 341 g/mol. The third-order valence-electron chi connectivity index (χ3n) is 3.81. The van der Waals surface area contributed by atoms with E-state index in [0.717, 1.165) is 15.6 Å². The summed E-state index contributed by atoms with van der Waals surface area (Å²) < 4.78 is 0.990. The number of Topliss-reactive ketones (excluding diaryl/α,β-unsaturated/α-hetero) is 1. The summed E-state index contributed by atoms with van der Waals surface area (Å²) in [6.07, 6.45) is 2.54. The fraction of sp³-hybridized carbons (Fsp3) is 0.167. The maximum atomic E-state index is 12.4. The first-order valence-corrected chi connectivity index (χ1v) is 7.79. The average Bonchev–Trinajstić information content (AvgIpc) is 2.92. The summed E-state index contributed by atoms with van der Waals surface area (Å²) >= 11 is 3.39. The van der Waals surface area contributed by atoms with E-state index >= 15 is 0 Å². The molecule has 1 aromatic heterocycles. The number of carbonyl (C=O) groups excluding carboxylic acids is 1. The minimum Gasteiger partial charge on any atom is -0.361 e. The van der Waals surface area contributed by atoms with Gasteiger partial charge in [0, 0.05) is 33.6 Å². The van der Waals surface area contributed by atoms with Gasteiger partial charge in [0.2, 0.25) is 0 Å². The molecule has 0 aliphatic rings. The summed E-state index contributed by atoms with van der Waals surface area (Å²) in [6.45, 7) is 2.10. The van der Waals surface area contributed by atoms with Crippen LogP contribution in [0.2, 0.25) is 0 Å². The van der Waals surface area contributed by atoms with Gasteiger partial charge < -0.3 is 4.98 Å². The van der Waals surface area contributed by atoms with Gasteiger partial charge in [-0.05, 0) is 29.7 Å². The number of fused-ring (bicyclic) bond motifs is 1. The Morgan fingerprint density at radius 2 is 1.86 bits per heavy atom. The molecule has 0 spiro atoms. The summed E-state index contributed by atoms with van der Waals surface area (Å²) in [7, 11) is 0. The Morgan fingerprint density at radius 1 is 1.14 bits per heavy atom. The second-order valence-corrected chi connectivity index (χ2v) is 6.24. The van der Waals surface area contributed by atoms with Crippen LogP contribution in [0.15, 0.2) is 59.2 Å². The van der Waals surface area contributed by atoms with Gasteiger partial charge in [0.15, 0.2) is 5.78 Å².